The quantitative estimate of drug-likeness (QED) is 0.576. The highest BCUT2D eigenvalue weighted by Crippen LogP contribution is 2.24. The Hall–Kier alpha value is -1.89. The molecule has 156 valence electrons. The summed E-state index contributed by atoms with van der Waals surface area (Å²) in [6, 6.07) is 3.97. The van der Waals surface area contributed by atoms with E-state index in [9.17, 15) is 8.78 Å². The van der Waals surface area contributed by atoms with Crippen LogP contribution >= 0.6 is 0 Å². The van der Waals surface area contributed by atoms with E-state index in [0.717, 1.165) is 31.5 Å². The average molecular weight is 394 g/mol. The molecule has 0 saturated carbocycles. The standard InChI is InChI=1S/C21H33F2N5/c1-3-9-27-10-6-16(7-11-27)14-25-21(24-2)26-18-8-12-28(15-18)20-5-4-17(22)13-19(20)23/h4-5,13,16,18H,3,6-12,14-15H2,1-2H3,(H2,24,25,26). The van der Waals surface area contributed by atoms with Crippen molar-refractivity contribution in [3.05, 3.63) is 29.8 Å². The highest BCUT2D eigenvalue weighted by Gasteiger charge is 2.26. The second-order valence-corrected chi connectivity index (χ2v) is 7.91. The molecule has 2 N–H and O–H groups in total. The molecular formula is C21H33F2N5. The van der Waals surface area contributed by atoms with E-state index in [1.54, 1.807) is 7.05 Å². The van der Waals surface area contributed by atoms with Crippen LogP contribution in [0.5, 0.6) is 0 Å². The molecule has 3 rings (SSSR count). The minimum absolute atomic E-state index is 0.196. The lowest BCUT2D eigenvalue weighted by Gasteiger charge is -2.32. The summed E-state index contributed by atoms with van der Waals surface area (Å²) < 4.78 is 27.1. The van der Waals surface area contributed by atoms with Gasteiger partial charge in [-0.05, 0) is 63.4 Å². The van der Waals surface area contributed by atoms with Gasteiger partial charge in [-0.3, -0.25) is 4.99 Å². The minimum Gasteiger partial charge on any atom is -0.367 e. The van der Waals surface area contributed by atoms with E-state index in [-0.39, 0.29) is 6.04 Å². The largest absolute Gasteiger partial charge is 0.367 e. The third-order valence-electron chi connectivity index (χ3n) is 5.81. The van der Waals surface area contributed by atoms with Crippen molar-refractivity contribution in [1.29, 1.82) is 0 Å². The van der Waals surface area contributed by atoms with Crippen molar-refractivity contribution in [2.45, 2.75) is 38.6 Å². The Labute approximate surface area is 167 Å². The molecule has 2 heterocycles. The maximum absolute atomic E-state index is 14.0. The van der Waals surface area contributed by atoms with Crippen LogP contribution in [0, 0.1) is 17.6 Å². The molecule has 2 saturated heterocycles. The zero-order valence-electron chi connectivity index (χ0n) is 17.1. The Morgan fingerprint density at radius 3 is 2.64 bits per heavy atom. The third-order valence-corrected chi connectivity index (χ3v) is 5.81. The number of aliphatic imine (C=N–C) groups is 1. The molecule has 28 heavy (non-hydrogen) atoms. The van der Waals surface area contributed by atoms with Crippen molar-refractivity contribution in [3.63, 3.8) is 0 Å². The molecule has 2 fully saturated rings. The molecule has 5 nitrogen and oxygen atoms in total. The van der Waals surface area contributed by atoms with Gasteiger partial charge in [-0.2, -0.15) is 0 Å². The van der Waals surface area contributed by atoms with Gasteiger partial charge in [0.1, 0.15) is 11.6 Å². The summed E-state index contributed by atoms with van der Waals surface area (Å²) in [6.45, 7) is 8.17. The number of hydrogen-bond acceptors (Lipinski definition) is 3. The molecule has 1 atom stereocenters. The summed E-state index contributed by atoms with van der Waals surface area (Å²) in [5.74, 6) is 0.445. The van der Waals surface area contributed by atoms with Gasteiger partial charge in [-0.15, -0.1) is 0 Å². The number of halogens is 2. The van der Waals surface area contributed by atoms with Crippen LogP contribution in [0.3, 0.4) is 0 Å². The van der Waals surface area contributed by atoms with Crippen LogP contribution in [0.4, 0.5) is 14.5 Å². The SMILES string of the molecule is CCCN1CCC(CNC(=NC)NC2CCN(c3ccc(F)cc3F)C2)CC1. The predicted molar refractivity (Wildman–Crippen MR) is 111 cm³/mol. The van der Waals surface area contributed by atoms with Crippen LogP contribution in [0.2, 0.25) is 0 Å². The number of guanidine groups is 1. The minimum atomic E-state index is -0.541. The first-order valence-electron chi connectivity index (χ1n) is 10.5. The Kier molecular flexibility index (Phi) is 7.48. The molecule has 2 aliphatic heterocycles. The van der Waals surface area contributed by atoms with Gasteiger partial charge >= 0.3 is 0 Å². The van der Waals surface area contributed by atoms with E-state index in [1.807, 2.05) is 4.90 Å². The predicted octanol–water partition coefficient (Wildman–Crippen LogP) is 2.83. The van der Waals surface area contributed by atoms with E-state index < -0.39 is 11.6 Å². The average Bonchev–Trinajstić information content (AvgIpc) is 3.14. The Morgan fingerprint density at radius 2 is 1.96 bits per heavy atom. The lowest BCUT2D eigenvalue weighted by molar-refractivity contribution is 0.185. The summed E-state index contributed by atoms with van der Waals surface area (Å²) in [6.07, 6.45) is 4.57. The van der Waals surface area contributed by atoms with Gasteiger partial charge in [0.25, 0.3) is 0 Å². The molecule has 0 spiro atoms. The molecule has 0 radical (unpaired) electrons. The molecule has 1 aromatic carbocycles. The number of hydrogen-bond donors (Lipinski definition) is 2. The highest BCUT2D eigenvalue weighted by atomic mass is 19.1. The third kappa shape index (κ3) is 5.56. The van der Waals surface area contributed by atoms with Crippen LogP contribution in [0.25, 0.3) is 0 Å². The molecular weight excluding hydrogens is 360 g/mol. The van der Waals surface area contributed by atoms with E-state index in [1.165, 1.54) is 51.0 Å². The molecule has 2 aliphatic rings. The number of rotatable bonds is 6. The number of benzene rings is 1. The first-order valence-corrected chi connectivity index (χ1v) is 10.5. The monoisotopic (exact) mass is 393 g/mol. The van der Waals surface area contributed by atoms with E-state index in [2.05, 4.69) is 27.4 Å². The topological polar surface area (TPSA) is 42.9 Å². The van der Waals surface area contributed by atoms with Gasteiger partial charge in [-0.25, -0.2) is 8.78 Å². The van der Waals surface area contributed by atoms with Crippen LogP contribution in [-0.4, -0.2) is 63.2 Å². The van der Waals surface area contributed by atoms with Gasteiger partial charge in [0.2, 0.25) is 0 Å². The van der Waals surface area contributed by atoms with Crippen molar-refractivity contribution >= 4 is 11.6 Å². The van der Waals surface area contributed by atoms with Gasteiger partial charge in [0.05, 0.1) is 5.69 Å². The number of nitrogens with one attached hydrogen (secondary N) is 2. The number of likely N-dealkylation sites (tertiary alicyclic amines) is 1. The molecule has 0 amide bonds. The second-order valence-electron chi connectivity index (χ2n) is 7.91. The van der Waals surface area contributed by atoms with Gasteiger partial charge < -0.3 is 20.4 Å². The maximum Gasteiger partial charge on any atom is 0.191 e. The van der Waals surface area contributed by atoms with Crippen LogP contribution in [0.1, 0.15) is 32.6 Å². The lowest BCUT2D eigenvalue weighted by Crippen LogP contribution is -2.47. The number of nitrogens with zero attached hydrogens (tertiary/aromatic N) is 3. The lowest BCUT2D eigenvalue weighted by atomic mass is 9.97. The molecule has 7 heteroatoms. The van der Waals surface area contributed by atoms with Crippen LogP contribution in [0.15, 0.2) is 23.2 Å². The van der Waals surface area contributed by atoms with Crippen molar-refractivity contribution in [1.82, 2.24) is 15.5 Å². The van der Waals surface area contributed by atoms with Gasteiger partial charge in [0, 0.05) is 38.8 Å². The van der Waals surface area contributed by atoms with Crippen molar-refractivity contribution in [2.24, 2.45) is 10.9 Å². The van der Waals surface area contributed by atoms with E-state index in [4.69, 9.17) is 0 Å². The van der Waals surface area contributed by atoms with Crippen molar-refractivity contribution in [2.75, 3.05) is 51.2 Å². The van der Waals surface area contributed by atoms with Crippen molar-refractivity contribution in [3.8, 4) is 0 Å². The highest BCUT2D eigenvalue weighted by molar-refractivity contribution is 5.80. The van der Waals surface area contributed by atoms with E-state index >= 15 is 0 Å². The Bertz CT molecular complexity index is 658. The summed E-state index contributed by atoms with van der Waals surface area (Å²) in [5.41, 5.74) is 0.465. The first kappa shape index (κ1) is 20.8. The summed E-state index contributed by atoms with van der Waals surface area (Å²) in [4.78, 5) is 8.86. The van der Waals surface area contributed by atoms with Crippen LogP contribution < -0.4 is 15.5 Å². The van der Waals surface area contributed by atoms with Crippen molar-refractivity contribution < 1.29 is 8.78 Å². The normalized spacial score (nSPS) is 21.9. The number of piperidine rings is 1. The van der Waals surface area contributed by atoms with Crippen LogP contribution in [-0.2, 0) is 0 Å². The second kappa shape index (κ2) is 10.0. The zero-order chi connectivity index (χ0) is 19.9. The summed E-state index contributed by atoms with van der Waals surface area (Å²) in [7, 11) is 1.78. The maximum atomic E-state index is 14.0. The smallest absolute Gasteiger partial charge is 0.191 e. The van der Waals surface area contributed by atoms with Gasteiger partial charge in [0.15, 0.2) is 5.96 Å². The molecule has 0 aromatic heterocycles. The fourth-order valence-electron chi connectivity index (χ4n) is 4.19. The summed E-state index contributed by atoms with van der Waals surface area (Å²) in [5, 5.41) is 6.92. The molecule has 1 unspecified atom stereocenters. The molecule has 1 aromatic rings. The molecule has 0 aliphatic carbocycles. The van der Waals surface area contributed by atoms with E-state index in [0.29, 0.717) is 18.2 Å². The molecule has 0 bridgehead atoms. The Balaban J connectivity index is 1.43. The fraction of sp³-hybridized carbons (Fsp3) is 0.667. The van der Waals surface area contributed by atoms with Gasteiger partial charge in [-0.1, -0.05) is 6.92 Å². The zero-order valence-corrected chi connectivity index (χ0v) is 17.1. The number of anilines is 1. The summed E-state index contributed by atoms with van der Waals surface area (Å²) >= 11 is 0. The Morgan fingerprint density at radius 1 is 1.18 bits per heavy atom. The first-order chi connectivity index (χ1) is 13.6. The fourth-order valence-corrected chi connectivity index (χ4v) is 4.19.